The summed E-state index contributed by atoms with van der Waals surface area (Å²) >= 11 is 0. The summed E-state index contributed by atoms with van der Waals surface area (Å²) in [6, 6.07) is 16.5. The number of fused-ring (bicyclic) bond motifs is 2. The molecule has 3 aromatic heterocycles. The van der Waals surface area contributed by atoms with E-state index in [2.05, 4.69) is 20.5 Å². The lowest BCUT2D eigenvalue weighted by Crippen LogP contribution is -2.05. The van der Waals surface area contributed by atoms with Crippen LogP contribution in [0.15, 0.2) is 71.9 Å². The van der Waals surface area contributed by atoms with Crippen molar-refractivity contribution in [1.29, 1.82) is 0 Å². The molecule has 8 nitrogen and oxygen atoms in total. The van der Waals surface area contributed by atoms with Gasteiger partial charge in [0, 0.05) is 29.9 Å². The van der Waals surface area contributed by atoms with Crippen LogP contribution in [-0.2, 0) is 16.9 Å². The molecule has 0 aliphatic heterocycles. The van der Waals surface area contributed by atoms with Gasteiger partial charge in [-0.15, -0.1) is 5.10 Å². The molecule has 0 unspecified atom stereocenters. The van der Waals surface area contributed by atoms with Gasteiger partial charge in [0.05, 0.1) is 34.0 Å². The molecule has 0 saturated carbocycles. The number of nitrogens with zero attached hydrogens (tertiary/aromatic N) is 5. The van der Waals surface area contributed by atoms with Gasteiger partial charge >= 0.3 is 0 Å². The summed E-state index contributed by atoms with van der Waals surface area (Å²) in [5.41, 5.74) is 3.91. The maximum absolute atomic E-state index is 12.2. The van der Waals surface area contributed by atoms with Gasteiger partial charge in [-0.3, -0.25) is 4.68 Å². The van der Waals surface area contributed by atoms with E-state index in [1.165, 1.54) is 6.26 Å². The number of sulfone groups is 1. The Morgan fingerprint density at radius 3 is 2.67 bits per heavy atom. The minimum atomic E-state index is -3.39. The highest BCUT2D eigenvalue weighted by molar-refractivity contribution is 7.90. The van der Waals surface area contributed by atoms with Crippen LogP contribution in [0.1, 0.15) is 0 Å². The molecule has 5 aromatic rings. The summed E-state index contributed by atoms with van der Waals surface area (Å²) in [5, 5.41) is 13.1. The zero-order valence-corrected chi connectivity index (χ0v) is 17.1. The summed E-state index contributed by atoms with van der Waals surface area (Å²) < 4.78 is 28.0. The van der Waals surface area contributed by atoms with Crippen LogP contribution in [-0.4, -0.2) is 39.1 Å². The maximum Gasteiger partial charge on any atom is 0.245 e. The van der Waals surface area contributed by atoms with Crippen LogP contribution in [0.3, 0.4) is 0 Å². The molecule has 0 aliphatic rings. The fraction of sp³-hybridized carbons (Fsp3) is 0.0952. The van der Waals surface area contributed by atoms with Crippen molar-refractivity contribution in [1.82, 2.24) is 24.4 Å². The summed E-state index contributed by atoms with van der Waals surface area (Å²) in [5.74, 6) is 0.403. The Kier molecular flexibility index (Phi) is 4.07. The standard InChI is InChI=1S/C21H18N6O2S/c1-26-18-9-7-15(11-14(18)12-23-26)24-21-22-13-16-8-10-19(27(16)25-21)17-5-3-4-6-20(17)30(2,28)29/h3-13H,1-2H3,(H,24,25). The second-order valence-corrected chi connectivity index (χ2v) is 9.06. The van der Waals surface area contributed by atoms with E-state index in [1.807, 2.05) is 48.1 Å². The molecule has 0 saturated heterocycles. The van der Waals surface area contributed by atoms with Crippen LogP contribution in [0.4, 0.5) is 11.6 Å². The van der Waals surface area contributed by atoms with E-state index in [9.17, 15) is 8.42 Å². The van der Waals surface area contributed by atoms with Crippen LogP contribution in [0, 0.1) is 0 Å². The number of hydrogen-bond acceptors (Lipinski definition) is 6. The fourth-order valence-corrected chi connectivity index (χ4v) is 4.43. The molecule has 150 valence electrons. The van der Waals surface area contributed by atoms with Crippen LogP contribution >= 0.6 is 0 Å². The molecule has 0 aliphatic carbocycles. The zero-order chi connectivity index (χ0) is 20.9. The van der Waals surface area contributed by atoms with Crippen molar-refractivity contribution < 1.29 is 8.42 Å². The van der Waals surface area contributed by atoms with E-state index in [0.717, 1.165) is 22.1 Å². The Morgan fingerprint density at radius 2 is 1.83 bits per heavy atom. The molecule has 2 aromatic carbocycles. The SMILES string of the molecule is Cn1ncc2cc(Nc3ncc4ccc(-c5ccccc5S(C)(=O)=O)n4n3)ccc21. The summed E-state index contributed by atoms with van der Waals surface area (Å²) in [4.78, 5) is 4.65. The molecule has 0 spiro atoms. The van der Waals surface area contributed by atoms with Crippen molar-refractivity contribution in [2.24, 2.45) is 7.05 Å². The summed E-state index contributed by atoms with van der Waals surface area (Å²) in [6.45, 7) is 0. The summed E-state index contributed by atoms with van der Waals surface area (Å²) in [6.07, 6.45) is 4.71. The monoisotopic (exact) mass is 418 g/mol. The first-order valence-corrected chi connectivity index (χ1v) is 11.1. The fourth-order valence-electron chi connectivity index (χ4n) is 3.53. The Morgan fingerprint density at radius 1 is 1.00 bits per heavy atom. The third-order valence-corrected chi connectivity index (χ3v) is 6.12. The van der Waals surface area contributed by atoms with Crippen LogP contribution in [0.25, 0.3) is 27.7 Å². The minimum absolute atomic E-state index is 0.264. The van der Waals surface area contributed by atoms with Crippen LogP contribution in [0.2, 0.25) is 0 Å². The first-order valence-electron chi connectivity index (χ1n) is 9.23. The molecule has 3 heterocycles. The van der Waals surface area contributed by atoms with Gasteiger partial charge in [0.2, 0.25) is 5.95 Å². The molecule has 30 heavy (non-hydrogen) atoms. The van der Waals surface area contributed by atoms with Gasteiger partial charge in [-0.1, -0.05) is 18.2 Å². The number of nitrogens with one attached hydrogen (secondary N) is 1. The van der Waals surface area contributed by atoms with Gasteiger partial charge < -0.3 is 5.32 Å². The van der Waals surface area contributed by atoms with Crippen molar-refractivity contribution >= 4 is 37.9 Å². The molecule has 0 atom stereocenters. The molecule has 1 N–H and O–H groups in total. The molecule has 0 amide bonds. The lowest BCUT2D eigenvalue weighted by atomic mass is 10.1. The lowest BCUT2D eigenvalue weighted by Gasteiger charge is -2.09. The highest BCUT2D eigenvalue weighted by Gasteiger charge is 2.17. The van der Waals surface area contributed by atoms with Crippen molar-refractivity contribution in [3.8, 4) is 11.3 Å². The van der Waals surface area contributed by atoms with E-state index in [-0.39, 0.29) is 4.90 Å². The lowest BCUT2D eigenvalue weighted by molar-refractivity contribution is 0.602. The Hall–Kier alpha value is -3.72. The van der Waals surface area contributed by atoms with Gasteiger partial charge in [0.15, 0.2) is 9.84 Å². The molecule has 9 heteroatoms. The average Bonchev–Trinajstić information content (AvgIpc) is 3.30. The van der Waals surface area contributed by atoms with Crippen molar-refractivity contribution in [2.75, 3.05) is 11.6 Å². The summed E-state index contributed by atoms with van der Waals surface area (Å²) in [7, 11) is -1.49. The number of anilines is 2. The molecule has 0 radical (unpaired) electrons. The Labute approximate surface area is 172 Å². The Bertz CT molecular complexity index is 1520. The number of aryl methyl sites for hydroxylation is 1. The molecular weight excluding hydrogens is 400 g/mol. The highest BCUT2D eigenvalue weighted by atomic mass is 32.2. The van der Waals surface area contributed by atoms with E-state index >= 15 is 0 Å². The zero-order valence-electron chi connectivity index (χ0n) is 16.3. The second kappa shape index (κ2) is 6.67. The second-order valence-electron chi connectivity index (χ2n) is 7.07. The average molecular weight is 418 g/mol. The van der Waals surface area contributed by atoms with E-state index in [0.29, 0.717) is 17.2 Å². The van der Waals surface area contributed by atoms with Gasteiger partial charge in [0.25, 0.3) is 0 Å². The quantitative estimate of drug-likeness (QED) is 0.481. The first-order chi connectivity index (χ1) is 14.4. The third-order valence-electron chi connectivity index (χ3n) is 4.96. The predicted octanol–water partition coefficient (Wildman–Crippen LogP) is 3.43. The van der Waals surface area contributed by atoms with Gasteiger partial charge in [0.1, 0.15) is 0 Å². The number of rotatable bonds is 4. The van der Waals surface area contributed by atoms with Gasteiger partial charge in [-0.05, 0) is 36.4 Å². The van der Waals surface area contributed by atoms with Gasteiger partial charge in [-0.25, -0.2) is 17.9 Å². The topological polar surface area (TPSA) is 94.2 Å². The van der Waals surface area contributed by atoms with Crippen molar-refractivity contribution in [3.63, 3.8) is 0 Å². The van der Waals surface area contributed by atoms with Gasteiger partial charge in [-0.2, -0.15) is 5.10 Å². The van der Waals surface area contributed by atoms with Crippen molar-refractivity contribution in [3.05, 3.63) is 67.0 Å². The molecule has 0 fully saturated rings. The Balaban J connectivity index is 1.58. The molecular formula is C21H18N6O2S. The van der Waals surface area contributed by atoms with Crippen LogP contribution in [0.5, 0.6) is 0 Å². The molecule has 0 bridgehead atoms. The number of benzene rings is 2. The van der Waals surface area contributed by atoms with Crippen LogP contribution < -0.4 is 5.32 Å². The predicted molar refractivity (Wildman–Crippen MR) is 116 cm³/mol. The minimum Gasteiger partial charge on any atom is -0.323 e. The highest BCUT2D eigenvalue weighted by Crippen LogP contribution is 2.29. The number of aromatic nitrogens is 5. The third kappa shape index (κ3) is 3.09. The largest absolute Gasteiger partial charge is 0.323 e. The normalized spacial score (nSPS) is 11.9. The molecule has 5 rings (SSSR count). The number of hydrogen-bond donors (Lipinski definition) is 1. The van der Waals surface area contributed by atoms with E-state index in [4.69, 9.17) is 0 Å². The van der Waals surface area contributed by atoms with Crippen molar-refractivity contribution in [2.45, 2.75) is 4.90 Å². The first kappa shape index (κ1) is 18.3. The van der Waals surface area contributed by atoms with E-state index in [1.54, 1.807) is 35.1 Å². The smallest absolute Gasteiger partial charge is 0.245 e. The van der Waals surface area contributed by atoms with E-state index < -0.39 is 9.84 Å². The maximum atomic E-state index is 12.2.